The lowest BCUT2D eigenvalue weighted by molar-refractivity contribution is 0.269. The molecule has 0 saturated carbocycles. The number of aliphatic imine (C=N–C) groups is 1. The molecule has 0 N–H and O–H groups in total. The summed E-state index contributed by atoms with van der Waals surface area (Å²) in [6.45, 7) is 2.92. The van der Waals surface area contributed by atoms with Crippen LogP contribution in [-0.2, 0) is 6.61 Å². The SMILES string of the molecule is CCOc1cc(C=Nc2ccc(Oc3ccccc3)cc2)ccc1OCc1ccc(Cl)cc1. The molecule has 0 heterocycles. The largest absolute Gasteiger partial charge is 0.490 e. The fourth-order valence-electron chi connectivity index (χ4n) is 3.11. The molecule has 0 aliphatic rings. The summed E-state index contributed by atoms with van der Waals surface area (Å²) in [5.41, 5.74) is 2.78. The summed E-state index contributed by atoms with van der Waals surface area (Å²) in [5.74, 6) is 2.94. The minimum absolute atomic E-state index is 0.433. The van der Waals surface area contributed by atoms with Gasteiger partial charge in [-0.2, -0.15) is 0 Å². The van der Waals surface area contributed by atoms with Crippen LogP contribution in [-0.4, -0.2) is 12.8 Å². The van der Waals surface area contributed by atoms with Crippen molar-refractivity contribution in [3.63, 3.8) is 0 Å². The first kappa shape index (κ1) is 22.4. The Morgan fingerprint density at radius 3 is 2.21 bits per heavy atom. The minimum atomic E-state index is 0.433. The molecule has 4 nitrogen and oxygen atoms in total. The van der Waals surface area contributed by atoms with E-state index in [4.69, 9.17) is 25.8 Å². The van der Waals surface area contributed by atoms with Gasteiger partial charge < -0.3 is 14.2 Å². The Bertz CT molecular complexity index is 1190. The highest BCUT2D eigenvalue weighted by Crippen LogP contribution is 2.29. The number of rotatable bonds is 9. The number of para-hydroxylation sites is 1. The van der Waals surface area contributed by atoms with Gasteiger partial charge in [0.25, 0.3) is 0 Å². The Labute approximate surface area is 199 Å². The van der Waals surface area contributed by atoms with E-state index in [0.717, 1.165) is 28.3 Å². The van der Waals surface area contributed by atoms with Gasteiger partial charge in [0, 0.05) is 11.2 Å². The molecular formula is C28H24ClNO3. The average Bonchev–Trinajstić information content (AvgIpc) is 2.85. The second-order valence-electron chi connectivity index (χ2n) is 7.22. The van der Waals surface area contributed by atoms with Crippen LogP contribution in [0.5, 0.6) is 23.0 Å². The first-order chi connectivity index (χ1) is 16.2. The molecule has 0 aliphatic heterocycles. The molecule has 0 aliphatic carbocycles. The van der Waals surface area contributed by atoms with E-state index < -0.39 is 0 Å². The van der Waals surface area contributed by atoms with E-state index in [2.05, 4.69) is 4.99 Å². The average molecular weight is 458 g/mol. The van der Waals surface area contributed by atoms with E-state index in [9.17, 15) is 0 Å². The van der Waals surface area contributed by atoms with Gasteiger partial charge in [-0.15, -0.1) is 0 Å². The molecule has 5 heteroatoms. The first-order valence-corrected chi connectivity index (χ1v) is 11.1. The number of nitrogens with zero attached hydrogens (tertiary/aromatic N) is 1. The van der Waals surface area contributed by atoms with Crippen molar-refractivity contribution in [3.8, 4) is 23.0 Å². The summed E-state index contributed by atoms with van der Waals surface area (Å²) in [4.78, 5) is 4.57. The van der Waals surface area contributed by atoms with Crippen LogP contribution < -0.4 is 14.2 Å². The number of hydrogen-bond donors (Lipinski definition) is 0. The minimum Gasteiger partial charge on any atom is -0.490 e. The fourth-order valence-corrected chi connectivity index (χ4v) is 3.23. The van der Waals surface area contributed by atoms with Crippen LogP contribution in [0.25, 0.3) is 0 Å². The zero-order valence-corrected chi connectivity index (χ0v) is 19.0. The molecule has 0 fully saturated rings. The van der Waals surface area contributed by atoms with Crippen molar-refractivity contribution in [1.82, 2.24) is 0 Å². The maximum Gasteiger partial charge on any atom is 0.161 e. The molecule has 0 bridgehead atoms. The molecule has 33 heavy (non-hydrogen) atoms. The molecule has 4 rings (SSSR count). The van der Waals surface area contributed by atoms with Crippen molar-refractivity contribution in [2.45, 2.75) is 13.5 Å². The molecule has 0 spiro atoms. The van der Waals surface area contributed by atoms with Crippen LogP contribution in [0.2, 0.25) is 5.02 Å². The molecule has 0 radical (unpaired) electrons. The van der Waals surface area contributed by atoms with E-state index in [0.29, 0.717) is 29.7 Å². The highest BCUT2D eigenvalue weighted by atomic mass is 35.5. The topological polar surface area (TPSA) is 40.0 Å². The third-order valence-electron chi connectivity index (χ3n) is 4.75. The van der Waals surface area contributed by atoms with Crippen molar-refractivity contribution >= 4 is 23.5 Å². The zero-order chi connectivity index (χ0) is 22.9. The van der Waals surface area contributed by atoms with Crippen LogP contribution in [0.4, 0.5) is 5.69 Å². The van der Waals surface area contributed by atoms with Gasteiger partial charge in [-0.25, -0.2) is 0 Å². The van der Waals surface area contributed by atoms with Crippen LogP contribution in [0.3, 0.4) is 0 Å². The van der Waals surface area contributed by atoms with Crippen molar-refractivity contribution in [3.05, 3.63) is 113 Å². The molecule has 0 saturated heterocycles. The Morgan fingerprint density at radius 2 is 1.48 bits per heavy atom. The summed E-state index contributed by atoms with van der Waals surface area (Å²) >= 11 is 5.95. The van der Waals surface area contributed by atoms with Gasteiger partial charge in [-0.3, -0.25) is 4.99 Å². The summed E-state index contributed by atoms with van der Waals surface area (Å²) in [7, 11) is 0. The molecule has 4 aromatic rings. The molecule has 4 aromatic carbocycles. The molecule has 0 amide bonds. The molecule has 0 aromatic heterocycles. The quantitative estimate of drug-likeness (QED) is 0.240. The summed E-state index contributed by atoms with van der Waals surface area (Å²) < 4.78 is 17.6. The standard InChI is InChI=1S/C28H24ClNO3/c1-2-31-28-18-22(10-17-27(28)32-20-21-8-11-23(29)12-9-21)19-30-24-13-15-26(16-14-24)33-25-6-4-3-5-7-25/h3-19H,2,20H2,1H3. The van der Waals surface area contributed by atoms with E-state index in [1.54, 1.807) is 6.21 Å². The second kappa shape index (κ2) is 11.2. The molecular weight excluding hydrogens is 434 g/mol. The van der Waals surface area contributed by atoms with E-state index >= 15 is 0 Å². The number of halogens is 1. The van der Waals surface area contributed by atoms with Crippen LogP contribution in [0.15, 0.2) is 102 Å². The molecule has 0 atom stereocenters. The van der Waals surface area contributed by atoms with E-state index in [-0.39, 0.29) is 0 Å². The van der Waals surface area contributed by atoms with Gasteiger partial charge in [-0.05, 0) is 84.8 Å². The zero-order valence-electron chi connectivity index (χ0n) is 18.3. The number of hydrogen-bond acceptors (Lipinski definition) is 4. The van der Waals surface area contributed by atoms with Crippen molar-refractivity contribution in [2.24, 2.45) is 4.99 Å². The van der Waals surface area contributed by atoms with Crippen LogP contribution >= 0.6 is 11.6 Å². The monoisotopic (exact) mass is 457 g/mol. The smallest absolute Gasteiger partial charge is 0.161 e. The Kier molecular flexibility index (Phi) is 7.62. The predicted molar refractivity (Wildman–Crippen MR) is 134 cm³/mol. The van der Waals surface area contributed by atoms with Crippen molar-refractivity contribution < 1.29 is 14.2 Å². The van der Waals surface area contributed by atoms with Gasteiger partial charge >= 0.3 is 0 Å². The Hall–Kier alpha value is -3.76. The van der Waals surface area contributed by atoms with Gasteiger partial charge in [-0.1, -0.05) is 41.9 Å². The van der Waals surface area contributed by atoms with E-state index in [1.165, 1.54) is 0 Å². The summed E-state index contributed by atoms with van der Waals surface area (Å²) in [5, 5.41) is 0.704. The maximum atomic E-state index is 5.97. The number of ether oxygens (including phenoxy) is 3. The van der Waals surface area contributed by atoms with Crippen LogP contribution in [0, 0.1) is 0 Å². The molecule has 0 unspecified atom stereocenters. The Morgan fingerprint density at radius 1 is 0.758 bits per heavy atom. The summed E-state index contributed by atoms with van der Waals surface area (Å²) in [6.07, 6.45) is 1.80. The lowest BCUT2D eigenvalue weighted by Crippen LogP contribution is -2.00. The summed E-state index contributed by atoms with van der Waals surface area (Å²) in [6, 6.07) is 30.7. The van der Waals surface area contributed by atoms with Crippen molar-refractivity contribution in [2.75, 3.05) is 6.61 Å². The van der Waals surface area contributed by atoms with Gasteiger partial charge in [0.2, 0.25) is 0 Å². The van der Waals surface area contributed by atoms with E-state index in [1.807, 2.05) is 104 Å². The third kappa shape index (κ3) is 6.61. The van der Waals surface area contributed by atoms with Crippen LogP contribution in [0.1, 0.15) is 18.1 Å². The first-order valence-electron chi connectivity index (χ1n) is 10.7. The van der Waals surface area contributed by atoms with Gasteiger partial charge in [0.05, 0.1) is 12.3 Å². The van der Waals surface area contributed by atoms with Gasteiger partial charge in [0.15, 0.2) is 11.5 Å². The highest BCUT2D eigenvalue weighted by Gasteiger charge is 2.07. The number of benzene rings is 4. The lowest BCUT2D eigenvalue weighted by atomic mass is 10.2. The fraction of sp³-hybridized carbons (Fsp3) is 0.107. The maximum absolute atomic E-state index is 5.97. The Balaban J connectivity index is 1.41. The third-order valence-corrected chi connectivity index (χ3v) is 5.01. The molecule has 166 valence electrons. The van der Waals surface area contributed by atoms with Gasteiger partial charge in [0.1, 0.15) is 18.1 Å². The highest BCUT2D eigenvalue weighted by molar-refractivity contribution is 6.30. The predicted octanol–water partition coefficient (Wildman–Crippen LogP) is 7.86. The van der Waals surface area contributed by atoms with Crippen molar-refractivity contribution in [1.29, 1.82) is 0 Å². The lowest BCUT2D eigenvalue weighted by Gasteiger charge is -2.12. The second-order valence-corrected chi connectivity index (χ2v) is 7.66. The normalized spacial score (nSPS) is 10.8.